The normalized spacial score (nSPS) is 10.2. The van der Waals surface area contributed by atoms with Crippen LogP contribution in [0.25, 0.3) is 10.9 Å². The minimum atomic E-state index is -0.161. The number of allylic oxidation sites excluding steroid dienone is 1. The average molecular weight is 302 g/mol. The summed E-state index contributed by atoms with van der Waals surface area (Å²) >= 11 is 0. The van der Waals surface area contributed by atoms with Gasteiger partial charge < -0.3 is 4.74 Å². The molecule has 1 aromatic heterocycles. The summed E-state index contributed by atoms with van der Waals surface area (Å²) in [6, 6.07) is 16.8. The van der Waals surface area contributed by atoms with Crippen LogP contribution in [-0.2, 0) is 6.61 Å². The summed E-state index contributed by atoms with van der Waals surface area (Å²) in [7, 11) is 0. The van der Waals surface area contributed by atoms with E-state index < -0.39 is 0 Å². The van der Waals surface area contributed by atoms with Gasteiger partial charge >= 0.3 is 0 Å². The van der Waals surface area contributed by atoms with Crippen molar-refractivity contribution in [2.45, 2.75) is 6.61 Å². The van der Waals surface area contributed by atoms with Gasteiger partial charge in [-0.05, 0) is 48.0 Å². The molecule has 0 N–H and O–H groups in total. The van der Waals surface area contributed by atoms with Gasteiger partial charge in [0.1, 0.15) is 12.4 Å². The number of nitrogens with zero attached hydrogens (tertiary/aromatic N) is 2. The number of hydrogen-bond acceptors (Lipinski definition) is 3. The van der Waals surface area contributed by atoms with E-state index in [1.165, 1.54) is 6.08 Å². The second-order valence-corrected chi connectivity index (χ2v) is 5.05. The lowest BCUT2D eigenvalue weighted by molar-refractivity contribution is 0.0974. The van der Waals surface area contributed by atoms with Crippen molar-refractivity contribution in [3.8, 4) is 11.8 Å². The molecule has 0 atom stereocenters. The van der Waals surface area contributed by atoms with Crippen molar-refractivity contribution in [3.63, 3.8) is 0 Å². The zero-order valence-electron chi connectivity index (χ0n) is 12.4. The summed E-state index contributed by atoms with van der Waals surface area (Å²) in [5, 5.41) is 9.71. The maximum absolute atomic E-state index is 11.7. The second kappa shape index (κ2) is 6.20. The highest BCUT2D eigenvalue weighted by molar-refractivity contribution is 5.98. The first-order valence-corrected chi connectivity index (χ1v) is 7.11. The van der Waals surface area contributed by atoms with Crippen LogP contribution in [0.1, 0.15) is 15.9 Å². The van der Waals surface area contributed by atoms with Gasteiger partial charge in [-0.1, -0.05) is 18.7 Å². The molecular formula is C19H14N2O2. The Balaban J connectivity index is 1.77. The van der Waals surface area contributed by atoms with Gasteiger partial charge in [-0.3, -0.25) is 9.36 Å². The Kier molecular flexibility index (Phi) is 3.94. The first-order valence-electron chi connectivity index (χ1n) is 7.11. The van der Waals surface area contributed by atoms with Gasteiger partial charge in [0, 0.05) is 11.6 Å². The minimum absolute atomic E-state index is 0.161. The van der Waals surface area contributed by atoms with Crippen LogP contribution in [0.2, 0.25) is 0 Å². The SMILES string of the molecule is C=CC(=O)n1ccc2cc(OCc3ccc(C#N)cc3)ccc21. The van der Waals surface area contributed by atoms with Crippen LogP contribution < -0.4 is 4.74 Å². The van der Waals surface area contributed by atoms with E-state index in [1.54, 1.807) is 22.9 Å². The van der Waals surface area contributed by atoms with E-state index in [9.17, 15) is 4.79 Å². The van der Waals surface area contributed by atoms with Gasteiger partial charge in [-0.25, -0.2) is 0 Å². The Bertz CT molecular complexity index is 915. The largest absolute Gasteiger partial charge is 0.489 e. The molecule has 0 bridgehead atoms. The van der Waals surface area contributed by atoms with Crippen molar-refractivity contribution in [2.75, 3.05) is 0 Å². The quantitative estimate of drug-likeness (QED) is 0.686. The summed E-state index contributed by atoms with van der Waals surface area (Å²) in [5.41, 5.74) is 2.44. The highest BCUT2D eigenvalue weighted by Gasteiger charge is 2.07. The summed E-state index contributed by atoms with van der Waals surface area (Å²) in [4.78, 5) is 11.7. The molecule has 0 aliphatic carbocycles. The molecule has 0 unspecified atom stereocenters. The van der Waals surface area contributed by atoms with E-state index in [4.69, 9.17) is 10.00 Å². The average Bonchev–Trinajstić information content (AvgIpc) is 3.03. The maximum Gasteiger partial charge on any atom is 0.254 e. The molecule has 3 rings (SSSR count). The molecule has 0 radical (unpaired) electrons. The lowest BCUT2D eigenvalue weighted by atomic mass is 10.1. The van der Waals surface area contributed by atoms with Crippen LogP contribution in [0.15, 0.2) is 67.4 Å². The Morgan fingerprint density at radius 3 is 2.70 bits per heavy atom. The Morgan fingerprint density at radius 2 is 2.00 bits per heavy atom. The molecule has 23 heavy (non-hydrogen) atoms. The van der Waals surface area contributed by atoms with E-state index in [2.05, 4.69) is 12.6 Å². The molecule has 0 fully saturated rings. The number of benzene rings is 2. The zero-order chi connectivity index (χ0) is 16.2. The summed E-state index contributed by atoms with van der Waals surface area (Å²) in [6.07, 6.45) is 3.01. The Labute approximate surface area is 133 Å². The van der Waals surface area contributed by atoms with Crippen LogP contribution in [0.4, 0.5) is 0 Å². The minimum Gasteiger partial charge on any atom is -0.489 e. The standard InChI is InChI=1S/C19H14N2O2/c1-2-19(22)21-10-9-16-11-17(7-8-18(16)21)23-13-15-5-3-14(12-20)4-6-15/h2-11H,1,13H2. The van der Waals surface area contributed by atoms with Crippen LogP contribution in [0.3, 0.4) is 0 Å². The first-order chi connectivity index (χ1) is 11.2. The summed E-state index contributed by atoms with van der Waals surface area (Å²) < 4.78 is 7.32. The first kappa shape index (κ1) is 14.6. The smallest absolute Gasteiger partial charge is 0.254 e. The molecule has 4 heteroatoms. The van der Waals surface area contributed by atoms with Gasteiger partial charge in [0.05, 0.1) is 17.1 Å². The molecule has 1 heterocycles. The van der Waals surface area contributed by atoms with Crippen LogP contribution in [0.5, 0.6) is 5.75 Å². The molecule has 0 amide bonds. The number of fused-ring (bicyclic) bond motifs is 1. The van der Waals surface area contributed by atoms with E-state index in [0.717, 1.165) is 22.2 Å². The van der Waals surface area contributed by atoms with E-state index in [0.29, 0.717) is 12.2 Å². The predicted molar refractivity (Wildman–Crippen MR) is 88.3 cm³/mol. The fraction of sp³-hybridized carbons (Fsp3) is 0.0526. The zero-order valence-corrected chi connectivity index (χ0v) is 12.4. The van der Waals surface area contributed by atoms with Gasteiger partial charge in [-0.15, -0.1) is 0 Å². The van der Waals surface area contributed by atoms with Crippen molar-refractivity contribution in [1.29, 1.82) is 5.26 Å². The number of nitriles is 1. The van der Waals surface area contributed by atoms with Crippen LogP contribution in [0, 0.1) is 11.3 Å². The molecule has 112 valence electrons. The highest BCUT2D eigenvalue weighted by Crippen LogP contribution is 2.23. The Morgan fingerprint density at radius 1 is 1.22 bits per heavy atom. The molecule has 0 aliphatic rings. The molecule has 2 aromatic carbocycles. The molecule has 4 nitrogen and oxygen atoms in total. The number of carbonyl (C=O) groups is 1. The second-order valence-electron chi connectivity index (χ2n) is 5.05. The van der Waals surface area contributed by atoms with Crippen molar-refractivity contribution < 1.29 is 9.53 Å². The Hall–Kier alpha value is -3.32. The summed E-state index contributed by atoms with van der Waals surface area (Å²) in [6.45, 7) is 3.92. The van der Waals surface area contributed by atoms with Crippen molar-refractivity contribution in [3.05, 3.63) is 78.5 Å². The van der Waals surface area contributed by atoms with E-state index >= 15 is 0 Å². The van der Waals surface area contributed by atoms with Gasteiger partial charge in [-0.2, -0.15) is 5.26 Å². The van der Waals surface area contributed by atoms with Gasteiger partial charge in [0.15, 0.2) is 0 Å². The lowest BCUT2D eigenvalue weighted by Crippen LogP contribution is -2.04. The molecule has 0 spiro atoms. The molecular weight excluding hydrogens is 288 g/mol. The highest BCUT2D eigenvalue weighted by atomic mass is 16.5. The third-order valence-corrected chi connectivity index (χ3v) is 3.56. The van der Waals surface area contributed by atoms with Gasteiger partial charge in [0.25, 0.3) is 5.91 Å². The van der Waals surface area contributed by atoms with Gasteiger partial charge in [0.2, 0.25) is 0 Å². The summed E-state index contributed by atoms with van der Waals surface area (Å²) in [5.74, 6) is 0.567. The molecule has 0 aliphatic heterocycles. The fourth-order valence-corrected chi connectivity index (χ4v) is 2.34. The number of carbonyl (C=O) groups excluding carboxylic acids is 1. The maximum atomic E-state index is 11.7. The molecule has 0 saturated carbocycles. The number of aromatic nitrogens is 1. The van der Waals surface area contributed by atoms with Crippen molar-refractivity contribution in [2.24, 2.45) is 0 Å². The van der Waals surface area contributed by atoms with Crippen molar-refractivity contribution in [1.82, 2.24) is 4.57 Å². The molecule has 3 aromatic rings. The van der Waals surface area contributed by atoms with E-state index in [-0.39, 0.29) is 5.91 Å². The third kappa shape index (κ3) is 2.99. The van der Waals surface area contributed by atoms with Crippen LogP contribution in [-0.4, -0.2) is 10.5 Å². The monoisotopic (exact) mass is 302 g/mol. The molecule has 0 saturated heterocycles. The van der Waals surface area contributed by atoms with Crippen LogP contribution >= 0.6 is 0 Å². The number of ether oxygens (including phenoxy) is 1. The predicted octanol–water partition coefficient (Wildman–Crippen LogP) is 3.92. The van der Waals surface area contributed by atoms with Crippen molar-refractivity contribution >= 4 is 16.8 Å². The lowest BCUT2D eigenvalue weighted by Gasteiger charge is -2.07. The topological polar surface area (TPSA) is 55.0 Å². The number of rotatable bonds is 4. The van der Waals surface area contributed by atoms with E-state index in [1.807, 2.05) is 36.4 Å². The fourth-order valence-electron chi connectivity index (χ4n) is 2.34. The number of hydrogen-bond donors (Lipinski definition) is 0. The third-order valence-electron chi connectivity index (χ3n) is 3.56.